The zero-order chi connectivity index (χ0) is 17.2. The maximum absolute atomic E-state index is 13.0. The highest BCUT2D eigenvalue weighted by atomic mass is 16.5. The van der Waals surface area contributed by atoms with Crippen molar-refractivity contribution in [1.82, 2.24) is 14.9 Å². The Bertz CT molecular complexity index is 768. The number of nitrogens with zero attached hydrogens (tertiary/aromatic N) is 2. The number of carbonyl (C=O) groups is 1. The van der Waals surface area contributed by atoms with E-state index in [1.807, 2.05) is 11.8 Å². The van der Waals surface area contributed by atoms with Crippen LogP contribution in [0.4, 0.5) is 0 Å². The number of ether oxygens (including phenoxy) is 1. The van der Waals surface area contributed by atoms with Gasteiger partial charge in [0.05, 0.1) is 19.6 Å². The number of fused-ring (bicyclic) bond motifs is 1. The Hall–Kier alpha value is -2.14. The minimum Gasteiger partial charge on any atom is -0.377 e. The molecule has 0 radical (unpaired) electrons. The van der Waals surface area contributed by atoms with Crippen LogP contribution in [0.15, 0.2) is 24.4 Å². The summed E-state index contributed by atoms with van der Waals surface area (Å²) >= 11 is 0. The van der Waals surface area contributed by atoms with Crippen LogP contribution in [-0.2, 0) is 28.8 Å². The molecular formula is C20H25N3O2. The molecular weight excluding hydrogens is 314 g/mol. The zero-order valence-corrected chi connectivity index (χ0v) is 14.8. The molecule has 2 aromatic rings. The Labute approximate surface area is 148 Å². The second-order valence-corrected chi connectivity index (χ2v) is 7.12. The van der Waals surface area contributed by atoms with Crippen molar-refractivity contribution in [3.05, 3.63) is 52.6 Å². The second kappa shape index (κ2) is 7.00. The first kappa shape index (κ1) is 16.3. The average molecular weight is 339 g/mol. The summed E-state index contributed by atoms with van der Waals surface area (Å²) in [4.78, 5) is 22.5. The van der Waals surface area contributed by atoms with E-state index in [1.54, 1.807) is 6.20 Å². The van der Waals surface area contributed by atoms with Gasteiger partial charge in [0.15, 0.2) is 0 Å². The number of nitrogens with one attached hydrogen (secondary N) is 1. The van der Waals surface area contributed by atoms with Crippen molar-refractivity contribution in [3.63, 3.8) is 0 Å². The number of hydrogen-bond acceptors (Lipinski definition) is 3. The van der Waals surface area contributed by atoms with E-state index in [0.29, 0.717) is 26.2 Å². The Kier molecular flexibility index (Phi) is 4.57. The maximum Gasteiger partial charge on any atom is 0.227 e. The number of rotatable bonds is 3. The van der Waals surface area contributed by atoms with Gasteiger partial charge in [-0.2, -0.15) is 0 Å². The molecule has 1 N–H and O–H groups in total. The number of aromatic amines is 1. The minimum atomic E-state index is -0.118. The zero-order valence-electron chi connectivity index (χ0n) is 14.8. The summed E-state index contributed by atoms with van der Waals surface area (Å²) in [7, 11) is 0. The Morgan fingerprint density at radius 1 is 1.32 bits per heavy atom. The van der Waals surface area contributed by atoms with Crippen LogP contribution < -0.4 is 0 Å². The summed E-state index contributed by atoms with van der Waals surface area (Å²) < 4.78 is 5.60. The van der Waals surface area contributed by atoms with Crippen LogP contribution in [0.1, 0.15) is 47.1 Å². The third-order valence-electron chi connectivity index (χ3n) is 5.26. The SMILES string of the molecule is Cc1cnc(C2COCCN2C(=O)Cc2ccc3c(c2)CCCC3)[nH]1. The standard InChI is InChI=1S/C20H25N3O2/c1-14-12-21-20(22-14)18-13-25-9-8-23(18)19(24)11-15-6-7-16-4-2-3-5-17(16)10-15/h6-7,10,12,18H,2-5,8-9,11,13H2,1H3,(H,21,22). The molecule has 5 heteroatoms. The molecule has 25 heavy (non-hydrogen) atoms. The van der Waals surface area contributed by atoms with Gasteiger partial charge in [-0.05, 0) is 49.3 Å². The topological polar surface area (TPSA) is 58.2 Å². The molecule has 1 atom stereocenters. The number of carbonyl (C=O) groups excluding carboxylic acids is 1. The number of hydrogen-bond donors (Lipinski definition) is 1. The monoisotopic (exact) mass is 339 g/mol. The number of benzene rings is 1. The summed E-state index contributed by atoms with van der Waals surface area (Å²) in [6.07, 6.45) is 7.10. The molecule has 1 aliphatic heterocycles. The first-order valence-electron chi connectivity index (χ1n) is 9.20. The van der Waals surface area contributed by atoms with Gasteiger partial charge in [0, 0.05) is 18.4 Å². The molecule has 1 saturated heterocycles. The highest BCUT2D eigenvalue weighted by Gasteiger charge is 2.30. The van der Waals surface area contributed by atoms with Gasteiger partial charge in [-0.3, -0.25) is 4.79 Å². The highest BCUT2D eigenvalue weighted by molar-refractivity contribution is 5.79. The van der Waals surface area contributed by atoms with Gasteiger partial charge in [-0.1, -0.05) is 18.2 Å². The molecule has 1 aromatic carbocycles. The lowest BCUT2D eigenvalue weighted by atomic mass is 9.90. The highest BCUT2D eigenvalue weighted by Crippen LogP contribution is 2.25. The molecule has 0 bridgehead atoms. The van der Waals surface area contributed by atoms with E-state index < -0.39 is 0 Å². The predicted octanol–water partition coefficient (Wildman–Crippen LogP) is 2.74. The van der Waals surface area contributed by atoms with Crippen molar-refractivity contribution in [2.45, 2.75) is 45.1 Å². The molecule has 0 spiro atoms. The molecule has 1 amide bonds. The van der Waals surface area contributed by atoms with Crippen molar-refractivity contribution >= 4 is 5.91 Å². The van der Waals surface area contributed by atoms with E-state index in [4.69, 9.17) is 4.74 Å². The van der Waals surface area contributed by atoms with Crippen LogP contribution in [0.25, 0.3) is 0 Å². The summed E-state index contributed by atoms with van der Waals surface area (Å²) in [5, 5.41) is 0. The van der Waals surface area contributed by atoms with Crippen LogP contribution in [0, 0.1) is 6.92 Å². The largest absolute Gasteiger partial charge is 0.377 e. The molecule has 1 fully saturated rings. The second-order valence-electron chi connectivity index (χ2n) is 7.12. The summed E-state index contributed by atoms with van der Waals surface area (Å²) in [5.41, 5.74) is 5.00. The van der Waals surface area contributed by atoms with E-state index >= 15 is 0 Å². The molecule has 2 aliphatic rings. The van der Waals surface area contributed by atoms with Crippen molar-refractivity contribution in [1.29, 1.82) is 0 Å². The van der Waals surface area contributed by atoms with Gasteiger partial charge in [0.1, 0.15) is 11.9 Å². The Morgan fingerprint density at radius 2 is 2.16 bits per heavy atom. The van der Waals surface area contributed by atoms with Crippen molar-refractivity contribution < 1.29 is 9.53 Å². The number of morpholine rings is 1. The van der Waals surface area contributed by atoms with E-state index in [0.717, 1.165) is 23.5 Å². The molecule has 5 nitrogen and oxygen atoms in total. The van der Waals surface area contributed by atoms with Gasteiger partial charge in [-0.25, -0.2) is 4.98 Å². The fourth-order valence-electron chi connectivity index (χ4n) is 3.90. The number of amides is 1. The number of H-pyrrole nitrogens is 1. The summed E-state index contributed by atoms with van der Waals surface area (Å²) in [6.45, 7) is 3.68. The minimum absolute atomic E-state index is 0.118. The number of aryl methyl sites for hydroxylation is 3. The Morgan fingerprint density at radius 3 is 2.96 bits per heavy atom. The molecule has 4 rings (SSSR count). The summed E-state index contributed by atoms with van der Waals surface area (Å²) in [6, 6.07) is 6.45. The van der Waals surface area contributed by atoms with Crippen molar-refractivity contribution in [3.8, 4) is 0 Å². The first-order valence-corrected chi connectivity index (χ1v) is 9.20. The van der Waals surface area contributed by atoms with Gasteiger partial charge in [0.2, 0.25) is 5.91 Å². The van der Waals surface area contributed by atoms with Crippen LogP contribution in [0.3, 0.4) is 0 Å². The van der Waals surface area contributed by atoms with Crippen LogP contribution in [0.2, 0.25) is 0 Å². The number of imidazole rings is 1. The molecule has 0 saturated carbocycles. The normalized spacial score (nSPS) is 20.4. The van der Waals surface area contributed by atoms with E-state index in [1.165, 1.54) is 30.4 Å². The van der Waals surface area contributed by atoms with E-state index in [-0.39, 0.29) is 11.9 Å². The lowest BCUT2D eigenvalue weighted by molar-refractivity contribution is -0.139. The quantitative estimate of drug-likeness (QED) is 0.935. The molecule has 1 aliphatic carbocycles. The van der Waals surface area contributed by atoms with Gasteiger partial charge >= 0.3 is 0 Å². The fraction of sp³-hybridized carbons (Fsp3) is 0.500. The van der Waals surface area contributed by atoms with Gasteiger partial charge < -0.3 is 14.6 Å². The molecule has 2 heterocycles. The predicted molar refractivity (Wildman–Crippen MR) is 95.4 cm³/mol. The lowest BCUT2D eigenvalue weighted by Crippen LogP contribution is -2.44. The van der Waals surface area contributed by atoms with E-state index in [2.05, 4.69) is 28.2 Å². The smallest absolute Gasteiger partial charge is 0.227 e. The summed E-state index contributed by atoms with van der Waals surface area (Å²) in [5.74, 6) is 0.967. The van der Waals surface area contributed by atoms with Gasteiger partial charge in [0.25, 0.3) is 0 Å². The third kappa shape index (κ3) is 3.47. The Balaban J connectivity index is 1.51. The lowest BCUT2D eigenvalue weighted by Gasteiger charge is -2.34. The van der Waals surface area contributed by atoms with Gasteiger partial charge in [-0.15, -0.1) is 0 Å². The fourth-order valence-corrected chi connectivity index (χ4v) is 3.90. The van der Waals surface area contributed by atoms with Crippen LogP contribution >= 0.6 is 0 Å². The van der Waals surface area contributed by atoms with Crippen molar-refractivity contribution in [2.75, 3.05) is 19.8 Å². The molecule has 1 unspecified atom stereocenters. The third-order valence-corrected chi connectivity index (χ3v) is 5.26. The van der Waals surface area contributed by atoms with E-state index in [9.17, 15) is 4.79 Å². The molecule has 1 aromatic heterocycles. The maximum atomic E-state index is 13.0. The first-order chi connectivity index (χ1) is 12.2. The van der Waals surface area contributed by atoms with Crippen LogP contribution in [-0.4, -0.2) is 40.5 Å². The van der Waals surface area contributed by atoms with Crippen LogP contribution in [0.5, 0.6) is 0 Å². The average Bonchev–Trinajstić information content (AvgIpc) is 3.08. The van der Waals surface area contributed by atoms with Crippen molar-refractivity contribution in [2.24, 2.45) is 0 Å². The molecule has 132 valence electrons. The number of aromatic nitrogens is 2.